The number of H-pyrrole nitrogens is 1. The van der Waals surface area contributed by atoms with Crippen LogP contribution in [0, 0.1) is 19.8 Å². The quantitative estimate of drug-likeness (QED) is 0.762. The van der Waals surface area contributed by atoms with Crippen LogP contribution in [0.4, 0.5) is 0 Å². The van der Waals surface area contributed by atoms with E-state index in [1.54, 1.807) is 0 Å². The molecule has 0 amide bonds. The van der Waals surface area contributed by atoms with Gasteiger partial charge in [-0.15, -0.1) is 0 Å². The van der Waals surface area contributed by atoms with Crippen molar-refractivity contribution in [2.75, 3.05) is 0 Å². The first kappa shape index (κ1) is 12.7. The van der Waals surface area contributed by atoms with Gasteiger partial charge in [-0.25, -0.2) is 0 Å². The number of nitrogens with one attached hydrogen (secondary N) is 1. The molecule has 2 rings (SSSR count). The maximum Gasteiger partial charge on any atom is 0.0943 e. The van der Waals surface area contributed by atoms with Gasteiger partial charge in [-0.05, 0) is 37.3 Å². The highest BCUT2D eigenvalue weighted by Gasteiger charge is 2.20. The summed E-state index contributed by atoms with van der Waals surface area (Å²) in [6.45, 7) is 4.19. The molecule has 17 heavy (non-hydrogen) atoms. The summed E-state index contributed by atoms with van der Waals surface area (Å²) < 4.78 is 0. The molecule has 1 atom stereocenters. The molecule has 1 aliphatic rings. The summed E-state index contributed by atoms with van der Waals surface area (Å²) in [7, 11) is 0. The molecular weight excluding hydrogens is 210 g/mol. The first-order valence-corrected chi connectivity index (χ1v) is 7.01. The molecule has 0 bridgehead atoms. The molecule has 0 radical (unpaired) electrons. The number of aliphatic hydroxyl groups is 1. The Morgan fingerprint density at radius 1 is 1.24 bits per heavy atom. The first-order valence-electron chi connectivity index (χ1n) is 7.01. The monoisotopic (exact) mass is 235 g/mol. The summed E-state index contributed by atoms with van der Waals surface area (Å²) >= 11 is 0. The average molecular weight is 235 g/mol. The van der Waals surface area contributed by atoms with Gasteiger partial charge in [0.1, 0.15) is 0 Å². The van der Waals surface area contributed by atoms with Crippen LogP contribution in [0.1, 0.15) is 67.9 Å². The topological polar surface area (TPSA) is 36.0 Å². The minimum Gasteiger partial charge on any atom is -0.387 e. The Morgan fingerprint density at radius 3 is 2.41 bits per heavy atom. The fourth-order valence-electron chi connectivity index (χ4n) is 2.99. The second-order valence-electron chi connectivity index (χ2n) is 5.62. The minimum atomic E-state index is -0.299. The molecule has 1 aromatic rings. The number of rotatable bonds is 3. The van der Waals surface area contributed by atoms with Crippen LogP contribution in [0.2, 0.25) is 0 Å². The van der Waals surface area contributed by atoms with Crippen molar-refractivity contribution in [2.24, 2.45) is 5.92 Å². The van der Waals surface area contributed by atoms with Crippen LogP contribution < -0.4 is 0 Å². The normalized spacial score (nSPS) is 20.2. The van der Waals surface area contributed by atoms with E-state index in [9.17, 15) is 5.11 Å². The molecular formula is C15H25NO. The molecule has 0 spiro atoms. The highest BCUT2D eigenvalue weighted by Crippen LogP contribution is 2.32. The average Bonchev–Trinajstić information content (AvgIpc) is 2.55. The minimum absolute atomic E-state index is 0.299. The summed E-state index contributed by atoms with van der Waals surface area (Å²) in [5.41, 5.74) is 3.51. The standard InChI is InChI=1S/C15H25NO/c1-11-10-16-15(12(11)2)14(17)9-13-7-5-3-4-6-8-13/h10,13-14,16-17H,3-9H2,1-2H3. The summed E-state index contributed by atoms with van der Waals surface area (Å²) in [6.07, 6.45) is 10.7. The molecule has 0 aliphatic heterocycles. The fourth-order valence-corrected chi connectivity index (χ4v) is 2.99. The Balaban J connectivity index is 1.95. The number of aliphatic hydroxyl groups excluding tert-OH is 1. The molecule has 1 aromatic heterocycles. The van der Waals surface area contributed by atoms with E-state index in [0.29, 0.717) is 0 Å². The molecule has 2 N–H and O–H groups in total. The Labute approximate surface area is 104 Å². The zero-order valence-corrected chi connectivity index (χ0v) is 11.1. The molecule has 1 fully saturated rings. The van der Waals surface area contributed by atoms with E-state index in [4.69, 9.17) is 0 Å². The third kappa shape index (κ3) is 3.12. The number of aromatic nitrogens is 1. The molecule has 96 valence electrons. The van der Waals surface area contributed by atoms with Gasteiger partial charge in [0.05, 0.1) is 6.10 Å². The van der Waals surface area contributed by atoms with Crippen molar-refractivity contribution in [1.82, 2.24) is 4.98 Å². The van der Waals surface area contributed by atoms with Gasteiger partial charge in [0, 0.05) is 11.9 Å². The van der Waals surface area contributed by atoms with Crippen LogP contribution in [0.5, 0.6) is 0 Å². The van der Waals surface area contributed by atoms with Gasteiger partial charge in [-0.2, -0.15) is 0 Å². The van der Waals surface area contributed by atoms with Crippen molar-refractivity contribution in [3.05, 3.63) is 23.0 Å². The third-order valence-corrected chi connectivity index (χ3v) is 4.30. The molecule has 1 unspecified atom stereocenters. The van der Waals surface area contributed by atoms with Gasteiger partial charge in [-0.1, -0.05) is 38.5 Å². The number of aryl methyl sites for hydroxylation is 1. The van der Waals surface area contributed by atoms with Gasteiger partial charge in [0.15, 0.2) is 0 Å². The maximum absolute atomic E-state index is 10.3. The lowest BCUT2D eigenvalue weighted by Crippen LogP contribution is -2.08. The van der Waals surface area contributed by atoms with Crippen LogP contribution in [0.3, 0.4) is 0 Å². The lowest BCUT2D eigenvalue weighted by molar-refractivity contribution is 0.135. The van der Waals surface area contributed by atoms with Crippen molar-refractivity contribution in [3.63, 3.8) is 0 Å². The lowest BCUT2D eigenvalue weighted by atomic mass is 9.92. The van der Waals surface area contributed by atoms with Crippen LogP contribution in [0.25, 0.3) is 0 Å². The Bertz CT molecular complexity index is 348. The van der Waals surface area contributed by atoms with Crippen LogP contribution in [-0.2, 0) is 0 Å². The summed E-state index contributed by atoms with van der Waals surface area (Å²) in [5.74, 6) is 0.718. The van der Waals surface area contributed by atoms with Crippen molar-refractivity contribution in [3.8, 4) is 0 Å². The van der Waals surface area contributed by atoms with Crippen molar-refractivity contribution in [2.45, 2.75) is 64.9 Å². The van der Waals surface area contributed by atoms with Crippen molar-refractivity contribution < 1.29 is 5.11 Å². The predicted molar refractivity (Wildman–Crippen MR) is 71.0 cm³/mol. The van der Waals surface area contributed by atoms with E-state index in [1.165, 1.54) is 49.7 Å². The summed E-state index contributed by atoms with van der Waals surface area (Å²) in [6, 6.07) is 0. The van der Waals surface area contributed by atoms with Crippen LogP contribution >= 0.6 is 0 Å². The van der Waals surface area contributed by atoms with E-state index in [-0.39, 0.29) is 6.10 Å². The van der Waals surface area contributed by atoms with Crippen LogP contribution in [-0.4, -0.2) is 10.1 Å². The van der Waals surface area contributed by atoms with Gasteiger partial charge in [0.2, 0.25) is 0 Å². The lowest BCUT2D eigenvalue weighted by Gasteiger charge is -2.18. The zero-order chi connectivity index (χ0) is 12.3. The maximum atomic E-state index is 10.3. The Kier molecular flexibility index (Phi) is 4.27. The number of aromatic amines is 1. The Morgan fingerprint density at radius 2 is 1.88 bits per heavy atom. The fraction of sp³-hybridized carbons (Fsp3) is 0.733. The highest BCUT2D eigenvalue weighted by molar-refractivity contribution is 5.29. The SMILES string of the molecule is Cc1c[nH]c(C(O)CC2CCCCCC2)c1C. The molecule has 1 heterocycles. The molecule has 2 heteroatoms. The highest BCUT2D eigenvalue weighted by atomic mass is 16.3. The smallest absolute Gasteiger partial charge is 0.0943 e. The molecule has 2 nitrogen and oxygen atoms in total. The summed E-state index contributed by atoms with van der Waals surface area (Å²) in [5, 5.41) is 10.3. The largest absolute Gasteiger partial charge is 0.387 e. The molecule has 0 aromatic carbocycles. The summed E-state index contributed by atoms with van der Waals surface area (Å²) in [4.78, 5) is 3.23. The Hall–Kier alpha value is -0.760. The molecule has 1 aliphatic carbocycles. The van der Waals surface area contributed by atoms with Gasteiger partial charge in [0.25, 0.3) is 0 Å². The second-order valence-corrected chi connectivity index (χ2v) is 5.62. The molecule has 0 saturated heterocycles. The van der Waals surface area contributed by atoms with Gasteiger partial charge in [-0.3, -0.25) is 0 Å². The first-order chi connectivity index (χ1) is 8.18. The van der Waals surface area contributed by atoms with E-state index in [2.05, 4.69) is 18.8 Å². The van der Waals surface area contributed by atoms with E-state index >= 15 is 0 Å². The van der Waals surface area contributed by atoms with Crippen molar-refractivity contribution in [1.29, 1.82) is 0 Å². The van der Waals surface area contributed by atoms with Gasteiger partial charge < -0.3 is 10.1 Å². The van der Waals surface area contributed by atoms with Crippen LogP contribution in [0.15, 0.2) is 6.20 Å². The van der Waals surface area contributed by atoms with E-state index in [0.717, 1.165) is 18.0 Å². The number of hydrogen-bond acceptors (Lipinski definition) is 1. The van der Waals surface area contributed by atoms with E-state index in [1.807, 2.05) is 6.20 Å². The molecule has 1 saturated carbocycles. The second kappa shape index (κ2) is 5.72. The van der Waals surface area contributed by atoms with Gasteiger partial charge >= 0.3 is 0 Å². The zero-order valence-electron chi connectivity index (χ0n) is 11.1. The number of hydrogen-bond donors (Lipinski definition) is 2. The van der Waals surface area contributed by atoms with Crippen molar-refractivity contribution >= 4 is 0 Å². The van der Waals surface area contributed by atoms with E-state index < -0.39 is 0 Å². The predicted octanol–water partition coefficient (Wildman–Crippen LogP) is 4.03. The third-order valence-electron chi connectivity index (χ3n) is 4.30.